The predicted octanol–water partition coefficient (Wildman–Crippen LogP) is 2.78. The summed E-state index contributed by atoms with van der Waals surface area (Å²) in [7, 11) is 3.34. The lowest BCUT2D eigenvalue weighted by Crippen LogP contribution is -2.48. The lowest BCUT2D eigenvalue weighted by molar-refractivity contribution is -0.135. The van der Waals surface area contributed by atoms with Gasteiger partial charge in [-0.05, 0) is 25.1 Å². The fourth-order valence-corrected chi connectivity index (χ4v) is 3.65. The van der Waals surface area contributed by atoms with E-state index in [2.05, 4.69) is 5.32 Å². The van der Waals surface area contributed by atoms with E-state index < -0.39 is 0 Å². The number of ether oxygens (including phenoxy) is 2. The van der Waals surface area contributed by atoms with Crippen molar-refractivity contribution in [3.63, 3.8) is 0 Å². The van der Waals surface area contributed by atoms with E-state index in [1.165, 1.54) is 0 Å². The Morgan fingerprint density at radius 1 is 1.19 bits per heavy atom. The molecule has 0 saturated carbocycles. The molecule has 0 saturated heterocycles. The predicted molar refractivity (Wildman–Crippen MR) is 119 cm³/mol. The van der Waals surface area contributed by atoms with Crippen molar-refractivity contribution in [2.45, 2.75) is 52.7 Å². The lowest BCUT2D eigenvalue weighted by Gasteiger charge is -2.36. The Morgan fingerprint density at radius 2 is 1.90 bits per heavy atom. The smallest absolute Gasteiger partial charge is 0.257 e. The molecule has 3 amide bonds. The lowest BCUT2D eigenvalue weighted by atomic mass is 10.0. The minimum Gasteiger partial charge on any atom is -0.491 e. The van der Waals surface area contributed by atoms with Gasteiger partial charge >= 0.3 is 0 Å². The third kappa shape index (κ3) is 6.19. The van der Waals surface area contributed by atoms with E-state index in [1.807, 2.05) is 25.7 Å². The minimum atomic E-state index is -0.236. The van der Waals surface area contributed by atoms with Gasteiger partial charge in [0.05, 0.1) is 17.7 Å². The van der Waals surface area contributed by atoms with Crippen LogP contribution in [-0.4, -0.2) is 73.5 Å². The zero-order chi connectivity index (χ0) is 23.1. The van der Waals surface area contributed by atoms with Crippen LogP contribution < -0.4 is 10.1 Å². The van der Waals surface area contributed by atoms with Gasteiger partial charge in [-0.2, -0.15) is 0 Å². The molecule has 0 bridgehead atoms. The zero-order valence-electron chi connectivity index (χ0n) is 19.4. The average Bonchev–Trinajstić information content (AvgIpc) is 2.77. The van der Waals surface area contributed by atoms with Crippen molar-refractivity contribution in [3.05, 3.63) is 23.8 Å². The van der Waals surface area contributed by atoms with Gasteiger partial charge in [-0.25, -0.2) is 0 Å². The highest BCUT2D eigenvalue weighted by molar-refractivity contribution is 5.99. The normalized spacial score (nSPS) is 22.6. The van der Waals surface area contributed by atoms with Crippen molar-refractivity contribution in [1.29, 1.82) is 0 Å². The molecule has 0 radical (unpaired) electrons. The van der Waals surface area contributed by atoms with Crippen LogP contribution in [0.1, 0.15) is 50.9 Å². The number of hydrogen-bond donors (Lipinski definition) is 1. The molecule has 0 aromatic heterocycles. The number of fused-ring (bicyclic) bond motifs is 1. The first kappa shape index (κ1) is 24.7. The highest BCUT2D eigenvalue weighted by Gasteiger charge is 2.29. The largest absolute Gasteiger partial charge is 0.491 e. The van der Waals surface area contributed by atoms with Crippen LogP contribution in [0.4, 0.5) is 5.69 Å². The van der Waals surface area contributed by atoms with E-state index >= 15 is 0 Å². The Hall–Kier alpha value is -2.61. The minimum absolute atomic E-state index is 0.0206. The van der Waals surface area contributed by atoms with Crippen LogP contribution in [-0.2, 0) is 14.3 Å². The van der Waals surface area contributed by atoms with Crippen LogP contribution in [0.3, 0.4) is 0 Å². The quantitative estimate of drug-likeness (QED) is 0.789. The maximum Gasteiger partial charge on any atom is 0.257 e. The summed E-state index contributed by atoms with van der Waals surface area (Å²) in [5.74, 6) is 0.145. The van der Waals surface area contributed by atoms with E-state index in [1.54, 1.807) is 44.2 Å². The van der Waals surface area contributed by atoms with Gasteiger partial charge in [-0.15, -0.1) is 0 Å². The molecule has 1 heterocycles. The third-order valence-corrected chi connectivity index (χ3v) is 5.67. The molecule has 172 valence electrons. The second-order valence-electron chi connectivity index (χ2n) is 8.11. The number of anilines is 1. The van der Waals surface area contributed by atoms with Crippen LogP contribution >= 0.6 is 0 Å². The topological polar surface area (TPSA) is 88.2 Å². The summed E-state index contributed by atoms with van der Waals surface area (Å²) in [5, 5.41) is 2.79. The first-order valence-electron chi connectivity index (χ1n) is 10.9. The van der Waals surface area contributed by atoms with Gasteiger partial charge < -0.3 is 24.6 Å². The van der Waals surface area contributed by atoms with Gasteiger partial charge in [0.15, 0.2) is 0 Å². The van der Waals surface area contributed by atoms with E-state index in [9.17, 15) is 14.4 Å². The van der Waals surface area contributed by atoms with Crippen molar-refractivity contribution in [3.8, 4) is 5.75 Å². The number of nitrogens with zero attached hydrogens (tertiary/aromatic N) is 2. The summed E-state index contributed by atoms with van der Waals surface area (Å²) >= 11 is 0. The Morgan fingerprint density at radius 3 is 2.52 bits per heavy atom. The highest BCUT2D eigenvalue weighted by Crippen LogP contribution is 2.26. The number of methoxy groups -OCH3 is 1. The monoisotopic (exact) mass is 433 g/mol. The van der Waals surface area contributed by atoms with Gasteiger partial charge in [0.1, 0.15) is 12.4 Å². The summed E-state index contributed by atoms with van der Waals surface area (Å²) in [6.07, 6.45) is 0.512. The molecule has 31 heavy (non-hydrogen) atoms. The van der Waals surface area contributed by atoms with Crippen molar-refractivity contribution >= 4 is 23.4 Å². The third-order valence-electron chi connectivity index (χ3n) is 5.67. The molecule has 8 nitrogen and oxygen atoms in total. The molecule has 8 heteroatoms. The summed E-state index contributed by atoms with van der Waals surface area (Å²) < 4.78 is 11.7. The molecule has 3 atom stereocenters. The molecule has 0 unspecified atom stereocenters. The van der Waals surface area contributed by atoms with Crippen molar-refractivity contribution in [2.75, 3.05) is 39.2 Å². The second-order valence-corrected chi connectivity index (χ2v) is 8.11. The maximum absolute atomic E-state index is 13.2. The Labute approximate surface area is 184 Å². The number of carbonyl (C=O) groups is 3. The molecule has 2 rings (SSSR count). The van der Waals surface area contributed by atoms with E-state index in [0.717, 1.165) is 0 Å². The number of carbonyl (C=O) groups excluding carboxylic acids is 3. The van der Waals surface area contributed by atoms with Crippen molar-refractivity contribution in [2.24, 2.45) is 5.92 Å². The molecular formula is C23H35N3O5. The summed E-state index contributed by atoms with van der Waals surface area (Å²) in [4.78, 5) is 41.1. The standard InChI is InChI=1S/C23H35N3O5/c1-7-21(27)24-17-9-10-19-18(11-17)23(29)25(5)13-20(30-6)15(3)12-26(22(28)8-2)16(4)14-31-19/h9-11,15-16,20H,7-8,12-14H2,1-6H3,(H,24,27)/t15-,16-,20-/m0/s1. The van der Waals surface area contributed by atoms with Crippen LogP contribution in [0, 0.1) is 5.92 Å². The molecule has 1 aromatic rings. The van der Waals surface area contributed by atoms with Gasteiger partial charge in [0.2, 0.25) is 11.8 Å². The molecule has 1 aliphatic heterocycles. The Kier molecular flexibility index (Phi) is 8.86. The molecule has 1 aromatic carbocycles. The Balaban J connectivity index is 2.45. The van der Waals surface area contributed by atoms with Crippen LogP contribution in [0.25, 0.3) is 0 Å². The highest BCUT2D eigenvalue weighted by atomic mass is 16.5. The molecule has 0 spiro atoms. The fraction of sp³-hybridized carbons (Fsp3) is 0.609. The van der Waals surface area contributed by atoms with E-state index in [4.69, 9.17) is 9.47 Å². The van der Waals surface area contributed by atoms with E-state index in [-0.39, 0.29) is 42.4 Å². The SMILES string of the molecule is CCC(=O)Nc1ccc2c(c1)C(=O)N(C)C[C@H](OC)[C@@H](C)CN(C(=O)CC)[C@@H](C)CO2. The number of likely N-dealkylation sites (N-methyl/N-ethyl adjacent to an activating group) is 1. The molecular weight excluding hydrogens is 398 g/mol. The van der Waals surface area contributed by atoms with Crippen LogP contribution in [0.5, 0.6) is 5.75 Å². The number of rotatable bonds is 4. The fourth-order valence-electron chi connectivity index (χ4n) is 3.65. The van der Waals surface area contributed by atoms with Crippen LogP contribution in [0.2, 0.25) is 0 Å². The molecule has 0 fully saturated rings. The number of amides is 3. The van der Waals surface area contributed by atoms with Crippen LogP contribution in [0.15, 0.2) is 18.2 Å². The molecule has 0 aliphatic carbocycles. The van der Waals surface area contributed by atoms with Gasteiger partial charge in [0, 0.05) is 51.7 Å². The first-order valence-corrected chi connectivity index (χ1v) is 10.9. The van der Waals surface area contributed by atoms with Gasteiger partial charge in [-0.3, -0.25) is 14.4 Å². The zero-order valence-corrected chi connectivity index (χ0v) is 19.4. The second kappa shape index (κ2) is 11.1. The number of nitrogens with one attached hydrogen (secondary N) is 1. The summed E-state index contributed by atoms with van der Waals surface area (Å²) in [6, 6.07) is 4.86. The van der Waals surface area contributed by atoms with Gasteiger partial charge in [-0.1, -0.05) is 20.8 Å². The summed E-state index contributed by atoms with van der Waals surface area (Å²) in [6.45, 7) is 8.71. The van der Waals surface area contributed by atoms with E-state index in [0.29, 0.717) is 42.9 Å². The van der Waals surface area contributed by atoms with Gasteiger partial charge in [0.25, 0.3) is 5.91 Å². The van der Waals surface area contributed by atoms with Crippen molar-refractivity contribution < 1.29 is 23.9 Å². The number of hydrogen-bond acceptors (Lipinski definition) is 5. The first-order chi connectivity index (χ1) is 14.7. The molecule has 1 aliphatic rings. The maximum atomic E-state index is 13.2. The van der Waals surface area contributed by atoms with Crippen molar-refractivity contribution in [1.82, 2.24) is 9.80 Å². The average molecular weight is 434 g/mol. The summed E-state index contributed by atoms with van der Waals surface area (Å²) in [5.41, 5.74) is 0.899. The number of benzene rings is 1. The Bertz CT molecular complexity index is 797. The molecule has 1 N–H and O–H groups in total.